The minimum atomic E-state index is -0.652. The third kappa shape index (κ3) is 3.98. The largest absolute Gasteiger partial charge is 0.364 e. The van der Waals surface area contributed by atoms with E-state index in [4.69, 9.17) is 10.3 Å². The molecule has 0 saturated heterocycles. The van der Waals surface area contributed by atoms with Crippen LogP contribution in [0, 0.1) is 0 Å². The van der Waals surface area contributed by atoms with Gasteiger partial charge >= 0.3 is 0 Å². The van der Waals surface area contributed by atoms with E-state index >= 15 is 0 Å². The SMILES string of the molecule is NC(=O)c1noc2c1CN(C(=O)C(=Cc1ccc(P)cc1)c1ccccc1)CC2. The summed E-state index contributed by atoms with van der Waals surface area (Å²) in [6, 6.07) is 17.5. The fourth-order valence-electron chi connectivity index (χ4n) is 3.39. The molecule has 4 rings (SSSR count). The number of aromatic nitrogens is 1. The fourth-order valence-corrected chi connectivity index (χ4v) is 3.58. The Morgan fingerprint density at radius 1 is 1.10 bits per heavy atom. The van der Waals surface area contributed by atoms with Gasteiger partial charge in [-0.05, 0) is 22.5 Å². The Bertz CT molecular complexity index is 1090. The first-order valence-electron chi connectivity index (χ1n) is 9.22. The molecule has 2 N–H and O–H groups in total. The van der Waals surface area contributed by atoms with Gasteiger partial charge < -0.3 is 15.2 Å². The molecule has 0 fully saturated rings. The first-order valence-corrected chi connectivity index (χ1v) is 9.80. The lowest BCUT2D eigenvalue weighted by atomic mass is 9.99. The Labute approximate surface area is 170 Å². The molecule has 2 aromatic carbocycles. The number of rotatable bonds is 4. The number of carbonyl (C=O) groups excluding carboxylic acids is 2. The zero-order valence-electron chi connectivity index (χ0n) is 15.7. The van der Waals surface area contributed by atoms with Gasteiger partial charge in [0.05, 0.1) is 6.54 Å². The van der Waals surface area contributed by atoms with Crippen LogP contribution in [0.1, 0.15) is 32.9 Å². The van der Waals surface area contributed by atoms with Gasteiger partial charge in [-0.1, -0.05) is 59.8 Å². The lowest BCUT2D eigenvalue weighted by Gasteiger charge is -2.27. The van der Waals surface area contributed by atoms with Crippen molar-refractivity contribution in [2.45, 2.75) is 13.0 Å². The van der Waals surface area contributed by atoms with Crippen molar-refractivity contribution in [2.24, 2.45) is 5.73 Å². The van der Waals surface area contributed by atoms with E-state index in [2.05, 4.69) is 14.4 Å². The molecule has 0 aliphatic carbocycles. The third-order valence-electron chi connectivity index (χ3n) is 4.91. The maximum atomic E-state index is 13.5. The van der Waals surface area contributed by atoms with Gasteiger partial charge in [-0.3, -0.25) is 9.59 Å². The van der Waals surface area contributed by atoms with Gasteiger partial charge in [0.25, 0.3) is 11.8 Å². The minimum Gasteiger partial charge on any atom is -0.364 e. The zero-order valence-corrected chi connectivity index (χ0v) is 16.8. The van der Waals surface area contributed by atoms with Crippen molar-refractivity contribution in [3.05, 3.63) is 82.7 Å². The third-order valence-corrected chi connectivity index (χ3v) is 5.30. The van der Waals surface area contributed by atoms with Crippen LogP contribution < -0.4 is 11.0 Å². The lowest BCUT2D eigenvalue weighted by Crippen LogP contribution is -2.36. The molecule has 1 aliphatic heterocycles. The van der Waals surface area contributed by atoms with Gasteiger partial charge in [-0.15, -0.1) is 9.24 Å². The number of hydrogen-bond donors (Lipinski definition) is 1. The normalized spacial score (nSPS) is 13.8. The van der Waals surface area contributed by atoms with Crippen molar-refractivity contribution < 1.29 is 14.1 Å². The summed E-state index contributed by atoms with van der Waals surface area (Å²) in [6.45, 7) is 0.721. The maximum Gasteiger partial charge on any atom is 0.271 e. The van der Waals surface area contributed by atoms with Crippen LogP contribution in [-0.2, 0) is 17.8 Å². The Morgan fingerprint density at radius 2 is 1.83 bits per heavy atom. The minimum absolute atomic E-state index is 0.0961. The molecule has 2 amide bonds. The quantitative estimate of drug-likeness (QED) is 0.410. The Hall–Kier alpha value is -3.24. The van der Waals surface area contributed by atoms with E-state index in [1.165, 1.54) is 0 Å². The molecule has 1 aliphatic rings. The summed E-state index contributed by atoms with van der Waals surface area (Å²) >= 11 is 0. The number of hydrogen-bond acceptors (Lipinski definition) is 4. The molecule has 6 nitrogen and oxygen atoms in total. The monoisotopic (exact) mass is 405 g/mol. The van der Waals surface area contributed by atoms with Gasteiger partial charge in [-0.25, -0.2) is 0 Å². The zero-order chi connectivity index (χ0) is 20.4. The smallest absolute Gasteiger partial charge is 0.271 e. The summed E-state index contributed by atoms with van der Waals surface area (Å²) in [6.07, 6.45) is 2.38. The van der Waals surface area contributed by atoms with Crippen LogP contribution in [0.2, 0.25) is 0 Å². The Kier molecular flexibility index (Phi) is 5.28. The van der Waals surface area contributed by atoms with Gasteiger partial charge in [0.1, 0.15) is 5.76 Å². The second-order valence-corrected chi connectivity index (χ2v) is 7.53. The van der Waals surface area contributed by atoms with Crippen molar-refractivity contribution in [3.63, 3.8) is 0 Å². The van der Waals surface area contributed by atoms with Crippen LogP contribution in [0.25, 0.3) is 11.6 Å². The number of carbonyl (C=O) groups is 2. The summed E-state index contributed by atoms with van der Waals surface area (Å²) in [5.74, 6) is -0.154. The molecule has 29 heavy (non-hydrogen) atoms. The van der Waals surface area contributed by atoms with Crippen LogP contribution in [-0.4, -0.2) is 28.4 Å². The molecule has 0 radical (unpaired) electrons. The summed E-state index contributed by atoms with van der Waals surface area (Å²) in [4.78, 5) is 26.8. The molecule has 2 heterocycles. The van der Waals surface area contributed by atoms with Gasteiger partial charge in [0.2, 0.25) is 0 Å². The van der Waals surface area contributed by atoms with E-state index in [0.29, 0.717) is 29.9 Å². The predicted octanol–water partition coefficient (Wildman–Crippen LogP) is 2.40. The molecule has 0 bridgehead atoms. The highest BCUT2D eigenvalue weighted by atomic mass is 31.0. The molecule has 1 aromatic heterocycles. The molecule has 0 spiro atoms. The van der Waals surface area contributed by atoms with Crippen molar-refractivity contribution in [3.8, 4) is 0 Å². The second kappa shape index (κ2) is 8.02. The molecular weight excluding hydrogens is 385 g/mol. The topological polar surface area (TPSA) is 89.4 Å². The highest BCUT2D eigenvalue weighted by Gasteiger charge is 2.30. The number of nitrogens with two attached hydrogens (primary N) is 1. The second-order valence-electron chi connectivity index (χ2n) is 6.86. The molecule has 7 heteroatoms. The molecule has 146 valence electrons. The van der Waals surface area contributed by atoms with Gasteiger partial charge in [-0.2, -0.15) is 0 Å². The first kappa shape index (κ1) is 19.1. The predicted molar refractivity (Wildman–Crippen MR) is 114 cm³/mol. The number of benzene rings is 2. The molecule has 3 aromatic rings. The lowest BCUT2D eigenvalue weighted by molar-refractivity contribution is -0.125. The van der Waals surface area contributed by atoms with Crippen LogP contribution in [0.4, 0.5) is 0 Å². The van der Waals surface area contributed by atoms with E-state index in [1.807, 2.05) is 60.7 Å². The summed E-state index contributed by atoms with van der Waals surface area (Å²) in [5, 5.41) is 4.84. The number of primary amides is 1. The van der Waals surface area contributed by atoms with E-state index in [9.17, 15) is 9.59 Å². The highest BCUT2D eigenvalue weighted by Crippen LogP contribution is 2.27. The molecule has 0 saturated carbocycles. The Balaban J connectivity index is 1.69. The summed E-state index contributed by atoms with van der Waals surface area (Å²) in [7, 11) is 2.65. The number of fused-ring (bicyclic) bond motifs is 1. The van der Waals surface area contributed by atoms with Crippen LogP contribution in [0.15, 0.2) is 59.1 Å². The van der Waals surface area contributed by atoms with E-state index in [-0.39, 0.29) is 18.1 Å². The average Bonchev–Trinajstić information content (AvgIpc) is 3.17. The van der Waals surface area contributed by atoms with Crippen LogP contribution in [0.5, 0.6) is 0 Å². The maximum absolute atomic E-state index is 13.5. The van der Waals surface area contributed by atoms with Gasteiger partial charge in [0, 0.05) is 24.1 Å². The van der Waals surface area contributed by atoms with Crippen LogP contribution in [0.3, 0.4) is 0 Å². The first-order chi connectivity index (χ1) is 14.0. The Morgan fingerprint density at radius 3 is 2.52 bits per heavy atom. The fraction of sp³-hybridized carbons (Fsp3) is 0.136. The highest BCUT2D eigenvalue weighted by molar-refractivity contribution is 7.27. The molecule has 1 atom stereocenters. The summed E-state index contributed by atoms with van der Waals surface area (Å²) < 4.78 is 5.22. The van der Waals surface area contributed by atoms with Crippen molar-refractivity contribution in [1.29, 1.82) is 0 Å². The number of amides is 2. The number of nitrogens with zero attached hydrogens (tertiary/aromatic N) is 2. The van der Waals surface area contributed by atoms with E-state index in [1.54, 1.807) is 4.90 Å². The molecular formula is C22H20N3O3P. The molecule has 1 unspecified atom stereocenters. The van der Waals surface area contributed by atoms with E-state index < -0.39 is 5.91 Å². The van der Waals surface area contributed by atoms with Gasteiger partial charge in [0.15, 0.2) is 5.69 Å². The standard InChI is InChI=1S/C22H20N3O3P/c23-21(26)20-18-13-25(11-10-19(18)28-24-20)22(27)17(15-4-2-1-3-5-15)12-14-6-8-16(29)9-7-14/h1-9,12H,10-11,13,29H2,(H2,23,26). The van der Waals surface area contributed by atoms with Crippen LogP contribution >= 0.6 is 9.24 Å². The van der Waals surface area contributed by atoms with Crippen molar-refractivity contribution in [1.82, 2.24) is 10.1 Å². The summed E-state index contributed by atoms with van der Waals surface area (Å²) in [5.41, 5.74) is 8.43. The average molecular weight is 405 g/mol. The van der Waals surface area contributed by atoms with E-state index in [0.717, 1.165) is 16.4 Å². The van der Waals surface area contributed by atoms with Crippen molar-refractivity contribution >= 4 is 38.0 Å². The van der Waals surface area contributed by atoms with Crippen molar-refractivity contribution in [2.75, 3.05) is 6.54 Å².